The Balaban J connectivity index is 1.59. The molecule has 0 atom stereocenters. The van der Waals surface area contributed by atoms with Crippen molar-refractivity contribution in [3.63, 3.8) is 0 Å². The van der Waals surface area contributed by atoms with E-state index in [0.29, 0.717) is 13.2 Å². The quantitative estimate of drug-likeness (QED) is 0.496. The van der Waals surface area contributed by atoms with Crippen LogP contribution in [0.2, 0.25) is 0 Å². The Morgan fingerprint density at radius 1 is 1.15 bits per heavy atom. The highest BCUT2D eigenvalue weighted by Crippen LogP contribution is 2.53. The summed E-state index contributed by atoms with van der Waals surface area (Å²) >= 11 is 6.89. The topological polar surface area (TPSA) is 35.5 Å². The second-order valence-corrected chi connectivity index (χ2v) is 8.51. The molecular weight excluding hydrogens is 332 g/mol. The summed E-state index contributed by atoms with van der Waals surface area (Å²) < 4.78 is 13.4. The van der Waals surface area contributed by atoms with E-state index in [2.05, 4.69) is 10.8 Å². The molecule has 0 aromatic rings. The predicted molar refractivity (Wildman–Crippen MR) is 91.0 cm³/mol. The summed E-state index contributed by atoms with van der Waals surface area (Å²) in [7, 11) is 0. The van der Waals surface area contributed by atoms with E-state index >= 15 is 0 Å². The van der Waals surface area contributed by atoms with Gasteiger partial charge in [-0.3, -0.25) is 4.79 Å². The standard InChI is InChI=1S/C13H16O3S4/c1-9(2)11(14)16-5-3-4-15-10-8-19-13(20-10)12-17-6-7-18-12/h6-9H,3-5H2,1-2H3. The molecule has 0 saturated carbocycles. The summed E-state index contributed by atoms with van der Waals surface area (Å²) in [6.45, 7) is 4.66. The van der Waals surface area contributed by atoms with Gasteiger partial charge in [-0.25, -0.2) is 0 Å². The van der Waals surface area contributed by atoms with Crippen LogP contribution in [0.1, 0.15) is 20.3 Å². The molecule has 0 unspecified atom stereocenters. The maximum Gasteiger partial charge on any atom is 0.308 e. The SMILES string of the molecule is CC(C)C(=O)OCCCOC1=CSC(=C2SC=CS2)S1. The number of esters is 1. The molecule has 3 nitrogen and oxygen atoms in total. The summed E-state index contributed by atoms with van der Waals surface area (Å²) in [5.41, 5.74) is 0. The van der Waals surface area contributed by atoms with Gasteiger partial charge in [0.1, 0.15) is 0 Å². The Bertz CT molecular complexity index is 445. The van der Waals surface area contributed by atoms with Crippen molar-refractivity contribution in [3.8, 4) is 0 Å². The van der Waals surface area contributed by atoms with Crippen LogP contribution in [0.5, 0.6) is 0 Å². The largest absolute Gasteiger partial charge is 0.486 e. The zero-order valence-corrected chi connectivity index (χ0v) is 14.6. The number of rotatable bonds is 6. The van der Waals surface area contributed by atoms with Gasteiger partial charge in [-0.2, -0.15) is 0 Å². The van der Waals surface area contributed by atoms with Gasteiger partial charge in [0.2, 0.25) is 0 Å². The van der Waals surface area contributed by atoms with Gasteiger partial charge in [-0.15, -0.1) is 0 Å². The van der Waals surface area contributed by atoms with Crippen molar-refractivity contribution in [1.29, 1.82) is 0 Å². The minimum Gasteiger partial charge on any atom is -0.486 e. The van der Waals surface area contributed by atoms with Crippen molar-refractivity contribution in [2.45, 2.75) is 20.3 Å². The van der Waals surface area contributed by atoms with Gasteiger partial charge >= 0.3 is 5.97 Å². The zero-order chi connectivity index (χ0) is 14.4. The lowest BCUT2D eigenvalue weighted by Crippen LogP contribution is -2.13. The van der Waals surface area contributed by atoms with Crippen LogP contribution in [0.4, 0.5) is 0 Å². The fourth-order valence-electron chi connectivity index (χ4n) is 1.27. The van der Waals surface area contributed by atoms with Crippen LogP contribution in [0.15, 0.2) is 29.8 Å². The normalized spacial score (nSPS) is 17.9. The Kier molecular flexibility index (Phi) is 6.80. The molecule has 0 N–H and O–H groups in total. The third-order valence-electron chi connectivity index (χ3n) is 2.28. The first-order chi connectivity index (χ1) is 9.66. The minimum absolute atomic E-state index is 0.0652. The molecule has 0 radical (unpaired) electrons. The molecule has 0 aliphatic carbocycles. The van der Waals surface area contributed by atoms with Crippen LogP contribution in [0, 0.1) is 5.92 Å². The Hall–Kier alpha value is -0.110. The molecule has 7 heteroatoms. The van der Waals surface area contributed by atoms with Crippen LogP contribution in [-0.4, -0.2) is 19.2 Å². The Morgan fingerprint density at radius 3 is 2.60 bits per heavy atom. The van der Waals surface area contributed by atoms with Gasteiger partial charge in [0, 0.05) is 11.8 Å². The molecule has 110 valence electrons. The van der Waals surface area contributed by atoms with Crippen molar-refractivity contribution in [2.24, 2.45) is 5.92 Å². The molecule has 0 amide bonds. The number of carbonyl (C=O) groups excluding carboxylic acids is 1. The van der Waals surface area contributed by atoms with Crippen LogP contribution < -0.4 is 0 Å². The molecule has 2 aliphatic rings. The smallest absolute Gasteiger partial charge is 0.308 e. The highest BCUT2D eigenvalue weighted by Gasteiger charge is 2.19. The minimum atomic E-state index is -0.148. The van der Waals surface area contributed by atoms with Gasteiger partial charge in [0.15, 0.2) is 5.09 Å². The molecule has 0 aromatic heterocycles. The fourth-order valence-corrected chi connectivity index (χ4v) is 5.52. The maximum atomic E-state index is 11.3. The monoisotopic (exact) mass is 348 g/mol. The van der Waals surface area contributed by atoms with E-state index in [1.54, 1.807) is 47.0 Å². The molecule has 0 saturated heterocycles. The molecule has 20 heavy (non-hydrogen) atoms. The van der Waals surface area contributed by atoms with E-state index < -0.39 is 0 Å². The third-order valence-corrected chi connectivity index (χ3v) is 7.19. The number of ether oxygens (including phenoxy) is 2. The summed E-state index contributed by atoms with van der Waals surface area (Å²) in [6.07, 6.45) is 0.720. The van der Waals surface area contributed by atoms with Gasteiger partial charge in [-0.05, 0) is 22.6 Å². The molecule has 0 fully saturated rings. The number of hydrogen-bond donors (Lipinski definition) is 0. The molecule has 0 spiro atoms. The first-order valence-electron chi connectivity index (χ1n) is 6.23. The average molecular weight is 349 g/mol. The van der Waals surface area contributed by atoms with Crippen LogP contribution in [0.25, 0.3) is 0 Å². The first-order valence-corrected chi connectivity index (χ1v) is 9.69. The fraction of sp³-hybridized carbons (Fsp3) is 0.462. The molecule has 2 heterocycles. The Morgan fingerprint density at radius 2 is 1.90 bits per heavy atom. The van der Waals surface area contributed by atoms with Gasteiger partial charge in [0.05, 0.1) is 27.6 Å². The van der Waals surface area contributed by atoms with E-state index in [-0.39, 0.29) is 11.9 Å². The van der Waals surface area contributed by atoms with E-state index in [1.807, 2.05) is 19.3 Å². The highest BCUT2D eigenvalue weighted by atomic mass is 32.2. The van der Waals surface area contributed by atoms with E-state index in [1.165, 1.54) is 8.47 Å². The molecule has 2 rings (SSSR count). The molecule has 0 bridgehead atoms. The third kappa shape index (κ3) is 5.02. The van der Waals surface area contributed by atoms with Gasteiger partial charge in [0.25, 0.3) is 0 Å². The zero-order valence-electron chi connectivity index (χ0n) is 11.3. The lowest BCUT2D eigenvalue weighted by atomic mass is 10.2. The molecule has 2 aliphatic heterocycles. The van der Waals surface area contributed by atoms with E-state index in [9.17, 15) is 4.79 Å². The lowest BCUT2D eigenvalue weighted by Gasteiger charge is -2.08. The van der Waals surface area contributed by atoms with Gasteiger partial charge < -0.3 is 9.47 Å². The summed E-state index contributed by atoms with van der Waals surface area (Å²) in [5, 5.41) is 7.15. The lowest BCUT2D eigenvalue weighted by molar-refractivity contribution is -0.147. The van der Waals surface area contributed by atoms with Crippen LogP contribution >= 0.6 is 47.0 Å². The summed E-state index contributed by atoms with van der Waals surface area (Å²) in [5.74, 6) is -0.213. The summed E-state index contributed by atoms with van der Waals surface area (Å²) in [4.78, 5) is 11.3. The average Bonchev–Trinajstić information content (AvgIpc) is 3.08. The number of hydrogen-bond acceptors (Lipinski definition) is 7. The number of carbonyl (C=O) groups is 1. The summed E-state index contributed by atoms with van der Waals surface area (Å²) in [6, 6.07) is 0. The second kappa shape index (κ2) is 8.36. The van der Waals surface area contributed by atoms with Crippen molar-refractivity contribution in [1.82, 2.24) is 0 Å². The van der Waals surface area contributed by atoms with Gasteiger partial charge in [-0.1, -0.05) is 49.1 Å². The van der Waals surface area contributed by atoms with E-state index in [4.69, 9.17) is 9.47 Å². The van der Waals surface area contributed by atoms with Crippen LogP contribution in [-0.2, 0) is 14.3 Å². The van der Waals surface area contributed by atoms with Crippen LogP contribution in [0.3, 0.4) is 0 Å². The highest BCUT2D eigenvalue weighted by molar-refractivity contribution is 8.33. The second-order valence-electron chi connectivity index (χ2n) is 4.26. The van der Waals surface area contributed by atoms with Crippen molar-refractivity contribution < 1.29 is 14.3 Å². The van der Waals surface area contributed by atoms with E-state index in [0.717, 1.165) is 11.5 Å². The number of thioether (sulfide) groups is 4. The van der Waals surface area contributed by atoms with Crippen molar-refractivity contribution in [3.05, 3.63) is 29.8 Å². The maximum absolute atomic E-state index is 11.3. The molecular formula is C13H16O3S4. The Labute approximate surface area is 136 Å². The first kappa shape index (κ1) is 16.3. The predicted octanol–water partition coefficient (Wildman–Crippen LogP) is 4.95. The van der Waals surface area contributed by atoms with Crippen molar-refractivity contribution >= 4 is 53.0 Å². The van der Waals surface area contributed by atoms with Crippen molar-refractivity contribution in [2.75, 3.05) is 13.2 Å². The molecule has 0 aromatic carbocycles.